The number of carboxylic acid groups (broad SMARTS) is 1. The molecule has 2 atom stereocenters. The summed E-state index contributed by atoms with van der Waals surface area (Å²) in [7, 11) is 0. The first-order valence-corrected chi connectivity index (χ1v) is 10.1. The van der Waals surface area contributed by atoms with Crippen LogP contribution < -0.4 is 10.1 Å². The second kappa shape index (κ2) is 8.54. The van der Waals surface area contributed by atoms with Gasteiger partial charge in [-0.1, -0.05) is 30.3 Å². The van der Waals surface area contributed by atoms with Crippen LogP contribution in [-0.4, -0.2) is 43.7 Å². The van der Waals surface area contributed by atoms with Gasteiger partial charge >= 0.3 is 5.97 Å². The van der Waals surface area contributed by atoms with Crippen molar-refractivity contribution in [2.45, 2.75) is 25.4 Å². The molecule has 0 saturated heterocycles. The van der Waals surface area contributed by atoms with E-state index in [9.17, 15) is 9.90 Å². The van der Waals surface area contributed by atoms with Crippen molar-refractivity contribution in [1.29, 1.82) is 0 Å². The third-order valence-electron chi connectivity index (χ3n) is 5.07. The molecule has 0 bridgehead atoms. The van der Waals surface area contributed by atoms with Gasteiger partial charge in [-0.15, -0.1) is 0 Å². The van der Waals surface area contributed by atoms with Gasteiger partial charge < -0.3 is 25.0 Å². The number of benzene rings is 2. The molecule has 0 fully saturated rings. The third-order valence-corrected chi connectivity index (χ3v) is 5.39. The lowest BCUT2D eigenvalue weighted by molar-refractivity contribution is -0.142. The van der Waals surface area contributed by atoms with Gasteiger partial charge in [0, 0.05) is 17.8 Å². The number of hydrogen-bond donors (Lipinski definition) is 3. The number of thiocarbonyl (C=S) groups is 1. The number of aromatic amines is 1. The van der Waals surface area contributed by atoms with Crippen molar-refractivity contribution in [2.24, 2.45) is 0 Å². The fourth-order valence-corrected chi connectivity index (χ4v) is 4.09. The molecule has 1 aromatic heterocycles. The number of carboxylic acids is 1. The molecule has 0 saturated carbocycles. The van der Waals surface area contributed by atoms with Gasteiger partial charge in [-0.2, -0.15) is 0 Å². The highest BCUT2D eigenvalue weighted by molar-refractivity contribution is 7.80. The van der Waals surface area contributed by atoms with Gasteiger partial charge in [0.25, 0.3) is 0 Å². The van der Waals surface area contributed by atoms with Gasteiger partial charge in [0.05, 0.1) is 18.6 Å². The first-order valence-electron chi connectivity index (χ1n) is 9.70. The standard InChI is InChI=1S/C22H22N4O3S/c1-2-29-16-10-8-15(9-11-16)25-22(30)26-18(21(27)28)12-17-19(24-13-23-17)20(26)14-6-4-3-5-7-14/h3-11,13,18,20H,2,12H2,1H3,(H,23,24)(H,25,30)(H,27,28)/t18-,20-/m0/s1. The number of H-pyrrole nitrogens is 1. The van der Waals surface area contributed by atoms with Gasteiger partial charge in [0.1, 0.15) is 17.8 Å². The van der Waals surface area contributed by atoms with E-state index in [1.165, 1.54) is 0 Å². The second-order valence-electron chi connectivity index (χ2n) is 6.93. The summed E-state index contributed by atoms with van der Waals surface area (Å²) in [5.41, 5.74) is 3.28. The number of aliphatic carboxylic acids is 1. The van der Waals surface area contributed by atoms with E-state index in [1.54, 1.807) is 11.2 Å². The lowest BCUT2D eigenvalue weighted by atomic mass is 9.91. The van der Waals surface area contributed by atoms with Crippen molar-refractivity contribution in [3.63, 3.8) is 0 Å². The normalized spacial score (nSPS) is 17.8. The fourth-order valence-electron chi connectivity index (χ4n) is 3.74. The maximum atomic E-state index is 12.2. The zero-order valence-electron chi connectivity index (χ0n) is 16.4. The molecule has 0 unspecified atom stereocenters. The number of hydrogen-bond acceptors (Lipinski definition) is 4. The van der Waals surface area contributed by atoms with E-state index in [4.69, 9.17) is 17.0 Å². The number of anilines is 1. The van der Waals surface area contributed by atoms with Crippen molar-refractivity contribution >= 4 is 29.0 Å². The number of ether oxygens (including phenoxy) is 1. The molecule has 2 aromatic carbocycles. The smallest absolute Gasteiger partial charge is 0.326 e. The molecule has 0 amide bonds. The number of imidazole rings is 1. The van der Waals surface area contributed by atoms with Crippen molar-refractivity contribution in [1.82, 2.24) is 14.9 Å². The maximum absolute atomic E-state index is 12.2. The number of fused-ring (bicyclic) bond motifs is 1. The average Bonchev–Trinajstić information content (AvgIpc) is 3.23. The molecule has 0 radical (unpaired) electrons. The Hall–Kier alpha value is -3.39. The largest absolute Gasteiger partial charge is 0.494 e. The third kappa shape index (κ3) is 3.86. The summed E-state index contributed by atoms with van der Waals surface area (Å²) >= 11 is 5.70. The number of rotatable bonds is 5. The summed E-state index contributed by atoms with van der Waals surface area (Å²) in [5, 5.41) is 13.5. The molecular weight excluding hydrogens is 400 g/mol. The molecule has 0 spiro atoms. The van der Waals surface area contributed by atoms with Crippen LogP contribution in [0.1, 0.15) is 29.9 Å². The average molecular weight is 423 g/mol. The SMILES string of the molecule is CCOc1ccc(NC(=S)N2[C@@H](c3ccccc3)c3nc[nH]c3C[C@H]2C(=O)O)cc1. The van der Waals surface area contributed by atoms with E-state index < -0.39 is 18.1 Å². The molecule has 154 valence electrons. The highest BCUT2D eigenvalue weighted by Crippen LogP contribution is 2.37. The summed E-state index contributed by atoms with van der Waals surface area (Å²) in [5.74, 6) is -0.175. The number of nitrogens with zero attached hydrogens (tertiary/aromatic N) is 2. The molecule has 30 heavy (non-hydrogen) atoms. The fraction of sp³-hybridized carbons (Fsp3) is 0.227. The van der Waals surface area contributed by atoms with E-state index in [0.717, 1.165) is 28.4 Å². The Labute approximate surface area is 179 Å². The summed E-state index contributed by atoms with van der Waals surface area (Å²) in [6, 6.07) is 15.9. The lowest BCUT2D eigenvalue weighted by Gasteiger charge is -2.41. The summed E-state index contributed by atoms with van der Waals surface area (Å²) < 4.78 is 5.48. The Morgan fingerprint density at radius 1 is 1.27 bits per heavy atom. The minimum absolute atomic E-state index is 0.291. The summed E-state index contributed by atoms with van der Waals surface area (Å²) in [6.45, 7) is 2.51. The molecular formula is C22H22N4O3S. The van der Waals surface area contributed by atoms with E-state index in [0.29, 0.717) is 18.1 Å². The van der Waals surface area contributed by atoms with Gasteiger partial charge in [-0.25, -0.2) is 9.78 Å². The van der Waals surface area contributed by atoms with Gasteiger partial charge in [-0.05, 0) is 49.0 Å². The molecule has 2 heterocycles. The topological polar surface area (TPSA) is 90.5 Å². The highest BCUT2D eigenvalue weighted by atomic mass is 32.1. The zero-order valence-corrected chi connectivity index (χ0v) is 17.2. The van der Waals surface area contributed by atoms with Crippen molar-refractivity contribution in [2.75, 3.05) is 11.9 Å². The molecule has 3 aromatic rings. The molecule has 1 aliphatic heterocycles. The predicted octanol–water partition coefficient (Wildman–Crippen LogP) is 3.61. The minimum Gasteiger partial charge on any atom is -0.494 e. The van der Waals surface area contributed by atoms with E-state index in [2.05, 4.69) is 15.3 Å². The molecule has 7 nitrogen and oxygen atoms in total. The lowest BCUT2D eigenvalue weighted by Crippen LogP contribution is -2.53. The second-order valence-corrected chi connectivity index (χ2v) is 7.32. The van der Waals surface area contributed by atoms with Crippen LogP contribution in [0, 0.1) is 0 Å². The highest BCUT2D eigenvalue weighted by Gasteiger charge is 2.42. The molecule has 1 aliphatic rings. The van der Waals surface area contributed by atoms with Crippen LogP contribution in [0.5, 0.6) is 5.75 Å². The van der Waals surface area contributed by atoms with Crippen molar-refractivity contribution in [3.8, 4) is 5.75 Å². The molecule has 4 rings (SSSR count). The van der Waals surface area contributed by atoms with Gasteiger partial charge in [-0.3, -0.25) is 0 Å². The van der Waals surface area contributed by atoms with E-state index in [-0.39, 0.29) is 0 Å². The van der Waals surface area contributed by atoms with Crippen LogP contribution in [0.3, 0.4) is 0 Å². The van der Waals surface area contributed by atoms with Crippen molar-refractivity contribution < 1.29 is 14.6 Å². The summed E-state index contributed by atoms with van der Waals surface area (Å²) in [6.07, 6.45) is 1.89. The Bertz CT molecular complexity index is 1040. The Morgan fingerprint density at radius 2 is 2.00 bits per heavy atom. The van der Waals surface area contributed by atoms with Crippen LogP contribution in [0.2, 0.25) is 0 Å². The summed E-state index contributed by atoms with van der Waals surface area (Å²) in [4.78, 5) is 21.5. The number of nitrogens with one attached hydrogen (secondary N) is 2. The van der Waals surface area contributed by atoms with Crippen LogP contribution in [-0.2, 0) is 11.2 Å². The van der Waals surface area contributed by atoms with Crippen LogP contribution in [0.25, 0.3) is 0 Å². The van der Waals surface area contributed by atoms with Crippen LogP contribution in [0.15, 0.2) is 60.9 Å². The van der Waals surface area contributed by atoms with Crippen molar-refractivity contribution in [3.05, 3.63) is 77.9 Å². The Balaban J connectivity index is 1.69. The Morgan fingerprint density at radius 3 is 2.67 bits per heavy atom. The van der Waals surface area contributed by atoms with Crippen LogP contribution >= 0.6 is 12.2 Å². The Kier molecular flexibility index (Phi) is 5.67. The molecule has 3 N–H and O–H groups in total. The van der Waals surface area contributed by atoms with E-state index >= 15 is 0 Å². The monoisotopic (exact) mass is 422 g/mol. The first-order chi connectivity index (χ1) is 14.6. The number of aromatic nitrogens is 2. The van der Waals surface area contributed by atoms with Crippen LogP contribution in [0.4, 0.5) is 5.69 Å². The minimum atomic E-state index is -0.938. The van der Waals surface area contributed by atoms with E-state index in [1.807, 2.05) is 61.5 Å². The van der Waals surface area contributed by atoms with Gasteiger partial charge in [0.2, 0.25) is 0 Å². The maximum Gasteiger partial charge on any atom is 0.326 e. The molecule has 0 aliphatic carbocycles. The quantitative estimate of drug-likeness (QED) is 0.541. The predicted molar refractivity (Wildman–Crippen MR) is 118 cm³/mol. The number of carbonyl (C=O) groups is 1. The zero-order chi connectivity index (χ0) is 21.1. The first kappa shape index (κ1) is 19.9. The van der Waals surface area contributed by atoms with Gasteiger partial charge in [0.15, 0.2) is 5.11 Å². The molecule has 8 heteroatoms.